The molecule has 3 aromatic heterocycles. The number of benzene rings is 2. The van der Waals surface area contributed by atoms with Crippen molar-refractivity contribution in [3.05, 3.63) is 94.0 Å². The Hall–Kier alpha value is -4.42. The molecule has 0 saturated heterocycles. The van der Waals surface area contributed by atoms with Gasteiger partial charge in [-0.25, -0.2) is 9.37 Å². The van der Waals surface area contributed by atoms with Gasteiger partial charge in [-0.05, 0) is 48.3 Å². The lowest BCUT2D eigenvalue weighted by molar-refractivity contribution is -0.117. The molecule has 2 N–H and O–H groups in total. The van der Waals surface area contributed by atoms with E-state index in [4.69, 9.17) is 11.6 Å². The number of imidazole rings is 1. The number of rotatable bonds is 9. The van der Waals surface area contributed by atoms with Crippen LogP contribution in [0.2, 0.25) is 5.02 Å². The van der Waals surface area contributed by atoms with E-state index in [1.54, 1.807) is 43.2 Å². The van der Waals surface area contributed by atoms with Gasteiger partial charge in [0.15, 0.2) is 5.82 Å². The van der Waals surface area contributed by atoms with Gasteiger partial charge >= 0.3 is 0 Å². The maximum Gasteiger partial charge on any atom is 0.287 e. The average Bonchev–Trinajstić information content (AvgIpc) is 3.65. The minimum atomic E-state index is -0.674. The first kappa shape index (κ1) is 28.1. The third kappa shape index (κ3) is 5.88. The fourth-order valence-electron chi connectivity index (χ4n) is 4.59. The smallest absolute Gasteiger partial charge is 0.287 e. The molecule has 0 spiro atoms. The molecule has 5 rings (SSSR count). The molecular weight excluding hydrogens is 569 g/mol. The predicted molar refractivity (Wildman–Crippen MR) is 154 cm³/mol. The first-order valence-electron chi connectivity index (χ1n) is 12.6. The summed E-state index contributed by atoms with van der Waals surface area (Å²) in [4.78, 5) is 43.8. The molecule has 0 bridgehead atoms. The number of aromatic nitrogens is 5. The molecular formula is C28H25ClFN7O3S. The normalized spacial score (nSPS) is 11.9. The lowest BCUT2D eigenvalue weighted by atomic mass is 9.96. The van der Waals surface area contributed by atoms with Gasteiger partial charge in [0.25, 0.3) is 11.8 Å². The molecule has 0 fully saturated rings. The van der Waals surface area contributed by atoms with Crippen LogP contribution in [0.15, 0.2) is 54.9 Å². The Morgan fingerprint density at radius 1 is 1.15 bits per heavy atom. The highest BCUT2D eigenvalue weighted by Gasteiger charge is 2.30. The van der Waals surface area contributed by atoms with Crippen molar-refractivity contribution >= 4 is 56.6 Å². The van der Waals surface area contributed by atoms with Crippen molar-refractivity contribution in [1.29, 1.82) is 0 Å². The molecule has 10 nitrogen and oxygen atoms in total. The topological polar surface area (TPSA) is 124 Å². The fourth-order valence-corrected chi connectivity index (χ4v) is 5.64. The van der Waals surface area contributed by atoms with E-state index in [2.05, 4.69) is 25.1 Å². The van der Waals surface area contributed by atoms with Crippen molar-refractivity contribution < 1.29 is 18.8 Å². The average molecular weight is 594 g/mol. The summed E-state index contributed by atoms with van der Waals surface area (Å²) in [7, 11) is 1.76. The summed E-state index contributed by atoms with van der Waals surface area (Å²) < 4.78 is 22.5. The van der Waals surface area contributed by atoms with Crippen molar-refractivity contribution in [3.8, 4) is 0 Å². The summed E-state index contributed by atoms with van der Waals surface area (Å²) in [6, 6.07) is 11.2. The third-order valence-electron chi connectivity index (χ3n) is 6.46. The number of ketones is 1. The fraction of sp³-hybridized carbons (Fsp3) is 0.214. The molecule has 1 atom stereocenters. The zero-order valence-corrected chi connectivity index (χ0v) is 23.9. The summed E-state index contributed by atoms with van der Waals surface area (Å²) in [6.45, 7) is 3.05. The number of carbonyl (C=O) groups excluding carboxylic acids is 3. The standard InChI is InChI=1S/C28H25ClFN7O3S/c1-15(38)13-37-24(16(2)20-10-18(30)8-9-21(20)29)25(33-26(37)28(40)31-11-17-12-32-36(3)14-17)34-27(39)23-19-6-4-5-7-22(19)41-35-23/h4-10,12,14,16H,11,13H2,1-3H3,(H,31,40)(H,34,39)/t16-/m1/s1. The van der Waals surface area contributed by atoms with Crippen LogP contribution in [0.1, 0.15) is 57.7 Å². The highest BCUT2D eigenvalue weighted by atomic mass is 35.5. The first-order valence-corrected chi connectivity index (χ1v) is 13.7. The molecule has 210 valence electrons. The second-order valence-electron chi connectivity index (χ2n) is 9.53. The van der Waals surface area contributed by atoms with Gasteiger partial charge in [-0.2, -0.15) is 9.47 Å². The van der Waals surface area contributed by atoms with Crippen LogP contribution >= 0.6 is 23.1 Å². The maximum absolute atomic E-state index is 14.3. The Labute approximate surface area is 243 Å². The van der Waals surface area contributed by atoms with Gasteiger partial charge in [-0.3, -0.25) is 19.1 Å². The Kier molecular flexibility index (Phi) is 7.95. The quantitative estimate of drug-likeness (QED) is 0.249. The minimum Gasteiger partial charge on any atom is -0.345 e. The lowest BCUT2D eigenvalue weighted by Gasteiger charge is -2.19. The second-order valence-corrected chi connectivity index (χ2v) is 10.7. The van der Waals surface area contributed by atoms with Crippen LogP contribution in [0.5, 0.6) is 0 Å². The van der Waals surface area contributed by atoms with Crippen molar-refractivity contribution in [2.75, 3.05) is 5.32 Å². The minimum absolute atomic E-state index is 0.0349. The first-order chi connectivity index (χ1) is 19.6. The van der Waals surface area contributed by atoms with E-state index < -0.39 is 23.5 Å². The summed E-state index contributed by atoms with van der Waals surface area (Å²) in [6.07, 6.45) is 3.37. The predicted octanol–water partition coefficient (Wildman–Crippen LogP) is 4.94. The van der Waals surface area contributed by atoms with E-state index in [0.29, 0.717) is 16.6 Å². The molecule has 0 aliphatic rings. The number of anilines is 1. The molecule has 41 heavy (non-hydrogen) atoms. The number of amides is 2. The van der Waals surface area contributed by atoms with Crippen LogP contribution in [0.25, 0.3) is 10.1 Å². The molecule has 5 aromatic rings. The Bertz CT molecular complexity index is 1790. The number of hydrogen-bond donors (Lipinski definition) is 2. The molecule has 3 heterocycles. The molecule has 2 amide bonds. The zero-order valence-electron chi connectivity index (χ0n) is 22.3. The highest BCUT2D eigenvalue weighted by molar-refractivity contribution is 7.13. The van der Waals surface area contributed by atoms with Crippen molar-refractivity contribution in [2.24, 2.45) is 7.05 Å². The number of hydrogen-bond acceptors (Lipinski definition) is 7. The van der Waals surface area contributed by atoms with Crippen LogP contribution in [0, 0.1) is 5.82 Å². The van der Waals surface area contributed by atoms with Crippen LogP contribution in [-0.4, -0.2) is 41.3 Å². The number of carbonyl (C=O) groups is 3. The summed E-state index contributed by atoms with van der Waals surface area (Å²) >= 11 is 7.63. The second kappa shape index (κ2) is 11.6. The van der Waals surface area contributed by atoms with Crippen molar-refractivity contribution in [2.45, 2.75) is 32.9 Å². The monoisotopic (exact) mass is 593 g/mol. The van der Waals surface area contributed by atoms with Crippen molar-refractivity contribution in [1.82, 2.24) is 29.0 Å². The van der Waals surface area contributed by atoms with E-state index in [0.717, 1.165) is 10.3 Å². The van der Waals surface area contributed by atoms with E-state index in [1.807, 2.05) is 12.1 Å². The van der Waals surface area contributed by atoms with Gasteiger partial charge in [-0.15, -0.1) is 0 Å². The van der Waals surface area contributed by atoms with Crippen LogP contribution < -0.4 is 10.6 Å². The van der Waals surface area contributed by atoms with Gasteiger partial charge in [0.1, 0.15) is 17.3 Å². The van der Waals surface area contributed by atoms with Crippen molar-refractivity contribution in [3.63, 3.8) is 0 Å². The Balaban J connectivity index is 1.60. The van der Waals surface area contributed by atoms with E-state index in [1.165, 1.54) is 41.2 Å². The number of halogens is 2. The lowest BCUT2D eigenvalue weighted by Crippen LogP contribution is -2.28. The number of fused-ring (bicyclic) bond motifs is 1. The molecule has 0 unspecified atom stereocenters. The van der Waals surface area contributed by atoms with Crippen LogP contribution in [-0.2, 0) is 24.9 Å². The summed E-state index contributed by atoms with van der Waals surface area (Å²) in [5, 5.41) is 10.6. The Morgan fingerprint density at radius 3 is 2.66 bits per heavy atom. The molecule has 0 radical (unpaired) electrons. The SMILES string of the molecule is CC(=O)Cn1c(C(=O)NCc2cnn(C)c2)nc(NC(=O)c2nsc3ccccc23)c1[C@H](C)c1cc(F)ccc1Cl. The molecule has 0 aliphatic carbocycles. The van der Waals surface area contributed by atoms with Gasteiger partial charge in [0.2, 0.25) is 5.82 Å². The van der Waals surface area contributed by atoms with Gasteiger partial charge in [-0.1, -0.05) is 36.7 Å². The van der Waals surface area contributed by atoms with Crippen LogP contribution in [0.4, 0.5) is 10.2 Å². The third-order valence-corrected chi connectivity index (χ3v) is 7.63. The van der Waals surface area contributed by atoms with E-state index in [9.17, 15) is 18.8 Å². The van der Waals surface area contributed by atoms with Crippen LogP contribution in [0.3, 0.4) is 0 Å². The molecule has 0 saturated carbocycles. The van der Waals surface area contributed by atoms with Gasteiger partial charge < -0.3 is 15.2 Å². The van der Waals surface area contributed by atoms with E-state index in [-0.39, 0.29) is 41.2 Å². The number of Topliss-reactive ketones (excluding diaryl/α,β-unsaturated/α-hetero) is 1. The largest absolute Gasteiger partial charge is 0.345 e. The van der Waals surface area contributed by atoms with E-state index >= 15 is 0 Å². The molecule has 2 aromatic carbocycles. The Morgan fingerprint density at radius 2 is 1.93 bits per heavy atom. The highest BCUT2D eigenvalue weighted by Crippen LogP contribution is 2.36. The van der Waals surface area contributed by atoms with Gasteiger partial charge in [0.05, 0.1) is 23.1 Å². The number of aryl methyl sites for hydroxylation is 1. The molecule has 0 aliphatic heterocycles. The van der Waals surface area contributed by atoms with Gasteiger partial charge in [0, 0.05) is 41.7 Å². The molecule has 13 heteroatoms. The summed E-state index contributed by atoms with van der Waals surface area (Å²) in [5.41, 5.74) is 1.66. The number of nitrogens with one attached hydrogen (secondary N) is 2. The maximum atomic E-state index is 14.3. The summed E-state index contributed by atoms with van der Waals surface area (Å²) in [5.74, 6) is -2.63. The number of nitrogens with zero attached hydrogens (tertiary/aromatic N) is 5. The zero-order chi connectivity index (χ0) is 29.3.